The van der Waals surface area contributed by atoms with Gasteiger partial charge in [0.15, 0.2) is 0 Å². The Morgan fingerprint density at radius 3 is 3.08 bits per heavy atom. The minimum Gasteiger partial charge on any atom is -0.442 e. The van der Waals surface area contributed by atoms with Crippen molar-refractivity contribution in [2.24, 2.45) is 0 Å². The second kappa shape index (κ2) is 4.36. The van der Waals surface area contributed by atoms with Crippen molar-refractivity contribution in [1.29, 1.82) is 0 Å². The van der Waals surface area contributed by atoms with Gasteiger partial charge < -0.3 is 4.74 Å². The van der Waals surface area contributed by atoms with Crippen LogP contribution in [-0.4, -0.2) is 41.7 Å². The lowest BCUT2D eigenvalue weighted by molar-refractivity contribution is -0.122. The number of nitrogens with one attached hydrogen (secondary N) is 1. The number of carbonyl (C=O) groups excluding carboxylic acids is 2. The fraction of sp³-hybridized carbons (Fsp3) is 0.714. The molecule has 1 N–H and O–H groups in total. The van der Waals surface area contributed by atoms with Gasteiger partial charge in [0.2, 0.25) is 5.91 Å². The molecule has 0 aromatic heterocycles. The molecular formula is C7H12N2O3S. The Kier molecular flexibility index (Phi) is 3.41. The maximum absolute atomic E-state index is 11.1. The molecule has 13 heavy (non-hydrogen) atoms. The van der Waals surface area contributed by atoms with Gasteiger partial charge in [-0.1, -0.05) is 0 Å². The topological polar surface area (TPSA) is 58.6 Å². The third kappa shape index (κ3) is 2.80. The van der Waals surface area contributed by atoms with Crippen LogP contribution in [0.2, 0.25) is 0 Å². The minimum absolute atomic E-state index is 0.116. The van der Waals surface area contributed by atoms with Crippen molar-refractivity contribution in [3.63, 3.8) is 0 Å². The Morgan fingerprint density at radius 1 is 1.85 bits per heavy atom. The first kappa shape index (κ1) is 10.2. The normalized spacial score (nSPS) is 21.5. The Morgan fingerprint density at radius 2 is 2.54 bits per heavy atom. The number of carbonyl (C=O) groups is 2. The van der Waals surface area contributed by atoms with E-state index in [1.54, 1.807) is 11.8 Å². The highest BCUT2D eigenvalue weighted by Crippen LogP contribution is 2.12. The predicted molar refractivity (Wildman–Crippen MR) is 49.2 cm³/mol. The van der Waals surface area contributed by atoms with Crippen LogP contribution in [-0.2, 0) is 9.53 Å². The zero-order chi connectivity index (χ0) is 9.84. The second-order valence-corrected chi connectivity index (χ2v) is 3.65. The molecule has 0 aliphatic carbocycles. The van der Waals surface area contributed by atoms with Gasteiger partial charge in [0, 0.05) is 12.7 Å². The third-order valence-corrected chi connectivity index (χ3v) is 2.22. The van der Waals surface area contributed by atoms with E-state index >= 15 is 0 Å². The van der Waals surface area contributed by atoms with E-state index in [4.69, 9.17) is 4.74 Å². The van der Waals surface area contributed by atoms with Crippen LogP contribution in [0.1, 0.15) is 6.92 Å². The van der Waals surface area contributed by atoms with Crippen molar-refractivity contribution in [2.75, 3.05) is 18.6 Å². The molecule has 5 nitrogen and oxygen atoms in total. The molecule has 1 aliphatic rings. The Labute approximate surface area is 80.8 Å². The summed E-state index contributed by atoms with van der Waals surface area (Å²) in [6.07, 6.45) is 1.35. The first-order valence-corrected chi connectivity index (χ1v) is 5.27. The molecule has 1 rings (SSSR count). The number of nitrogens with zero attached hydrogens (tertiary/aromatic N) is 1. The van der Waals surface area contributed by atoms with Crippen LogP contribution < -0.4 is 5.43 Å². The number of hydrogen-bond donors (Lipinski definition) is 1. The van der Waals surface area contributed by atoms with E-state index in [2.05, 4.69) is 5.43 Å². The average molecular weight is 204 g/mol. The van der Waals surface area contributed by atoms with E-state index in [1.165, 1.54) is 11.9 Å². The van der Waals surface area contributed by atoms with Crippen LogP contribution in [0.15, 0.2) is 0 Å². The fourth-order valence-electron chi connectivity index (χ4n) is 1.08. The van der Waals surface area contributed by atoms with E-state index < -0.39 is 6.09 Å². The van der Waals surface area contributed by atoms with Crippen molar-refractivity contribution in [3.05, 3.63) is 0 Å². The molecule has 0 spiro atoms. The zero-order valence-corrected chi connectivity index (χ0v) is 8.39. The molecule has 74 valence electrons. The Hall–Kier alpha value is -0.910. The monoisotopic (exact) mass is 204 g/mol. The zero-order valence-electron chi connectivity index (χ0n) is 7.57. The number of thioether (sulfide) groups is 1. The molecule has 1 atom stereocenters. The number of hydrogen-bond acceptors (Lipinski definition) is 4. The maximum atomic E-state index is 11.1. The largest absolute Gasteiger partial charge is 0.442 e. The van der Waals surface area contributed by atoms with E-state index in [0.29, 0.717) is 6.54 Å². The van der Waals surface area contributed by atoms with Crippen LogP contribution in [0, 0.1) is 0 Å². The van der Waals surface area contributed by atoms with Gasteiger partial charge in [-0.2, -0.15) is 11.8 Å². The van der Waals surface area contributed by atoms with Gasteiger partial charge in [-0.25, -0.2) is 9.80 Å². The lowest BCUT2D eigenvalue weighted by atomic mass is 10.4. The highest BCUT2D eigenvalue weighted by molar-refractivity contribution is 7.98. The van der Waals surface area contributed by atoms with Crippen molar-refractivity contribution < 1.29 is 14.3 Å². The molecule has 0 radical (unpaired) electrons. The van der Waals surface area contributed by atoms with Crippen molar-refractivity contribution in [3.8, 4) is 0 Å². The molecule has 1 saturated heterocycles. The number of amides is 2. The predicted octanol–water partition coefficient (Wildman–Crippen LogP) is 0.221. The van der Waals surface area contributed by atoms with Gasteiger partial charge in [-0.05, 0) is 6.26 Å². The second-order valence-electron chi connectivity index (χ2n) is 2.74. The lowest BCUT2D eigenvalue weighted by Crippen LogP contribution is -2.42. The SMILES string of the molecule is CSCC1CN(NC(C)=O)C(=O)O1. The molecule has 1 fully saturated rings. The van der Waals surface area contributed by atoms with Gasteiger partial charge in [0.25, 0.3) is 0 Å². The molecule has 2 amide bonds. The first-order valence-electron chi connectivity index (χ1n) is 3.87. The lowest BCUT2D eigenvalue weighted by Gasteiger charge is -2.11. The van der Waals surface area contributed by atoms with Gasteiger partial charge in [0.05, 0.1) is 6.54 Å². The molecule has 0 aromatic rings. The van der Waals surface area contributed by atoms with Crippen LogP contribution in [0.3, 0.4) is 0 Å². The summed E-state index contributed by atoms with van der Waals surface area (Å²) >= 11 is 1.61. The standard InChI is InChI=1S/C7H12N2O3S/c1-5(10)8-9-3-6(4-13-2)12-7(9)11/h6H,3-4H2,1-2H3,(H,8,10). The summed E-state index contributed by atoms with van der Waals surface area (Å²) in [6.45, 7) is 1.79. The van der Waals surface area contributed by atoms with Crippen molar-refractivity contribution in [2.45, 2.75) is 13.0 Å². The minimum atomic E-state index is -0.478. The van der Waals surface area contributed by atoms with E-state index in [1.807, 2.05) is 6.26 Å². The van der Waals surface area contributed by atoms with Crippen molar-refractivity contribution in [1.82, 2.24) is 10.4 Å². The molecule has 6 heteroatoms. The highest BCUT2D eigenvalue weighted by Gasteiger charge is 2.31. The van der Waals surface area contributed by atoms with E-state index in [0.717, 1.165) is 5.75 Å². The molecule has 0 bridgehead atoms. The number of ether oxygens (including phenoxy) is 1. The quantitative estimate of drug-likeness (QED) is 0.714. The summed E-state index contributed by atoms with van der Waals surface area (Å²) in [5.74, 6) is 0.490. The number of hydrazine groups is 1. The van der Waals surface area contributed by atoms with Crippen LogP contribution in [0.25, 0.3) is 0 Å². The average Bonchev–Trinajstić information content (AvgIpc) is 2.31. The van der Waals surface area contributed by atoms with Gasteiger partial charge in [0.1, 0.15) is 6.10 Å². The van der Waals surface area contributed by atoms with Crippen molar-refractivity contribution >= 4 is 23.8 Å². The summed E-state index contributed by atoms with van der Waals surface area (Å²) in [5, 5.41) is 1.20. The van der Waals surface area contributed by atoms with Gasteiger partial charge in [-0.15, -0.1) is 0 Å². The number of rotatable bonds is 3. The fourth-order valence-corrected chi connectivity index (χ4v) is 1.62. The highest BCUT2D eigenvalue weighted by atomic mass is 32.2. The molecule has 1 heterocycles. The first-order chi connectivity index (χ1) is 6.13. The molecule has 1 aliphatic heterocycles. The van der Waals surface area contributed by atoms with Gasteiger partial charge >= 0.3 is 6.09 Å². The summed E-state index contributed by atoms with van der Waals surface area (Å²) in [5.41, 5.74) is 2.39. The van der Waals surface area contributed by atoms with Crippen LogP contribution >= 0.6 is 11.8 Å². The molecular weight excluding hydrogens is 192 g/mol. The number of cyclic esters (lactones) is 1. The summed E-state index contributed by atoms with van der Waals surface area (Å²) < 4.78 is 4.97. The van der Waals surface area contributed by atoms with E-state index in [9.17, 15) is 9.59 Å². The smallest absolute Gasteiger partial charge is 0.429 e. The van der Waals surface area contributed by atoms with Crippen LogP contribution in [0.4, 0.5) is 4.79 Å². The maximum Gasteiger partial charge on any atom is 0.429 e. The Bertz CT molecular complexity index is 222. The summed E-state index contributed by atoms with van der Waals surface area (Å²) in [6, 6.07) is 0. The molecule has 1 unspecified atom stereocenters. The van der Waals surface area contributed by atoms with Gasteiger partial charge in [-0.3, -0.25) is 10.2 Å². The third-order valence-electron chi connectivity index (χ3n) is 1.52. The van der Waals surface area contributed by atoms with E-state index in [-0.39, 0.29) is 12.0 Å². The van der Waals surface area contributed by atoms with Crippen LogP contribution in [0.5, 0.6) is 0 Å². The summed E-state index contributed by atoms with van der Waals surface area (Å²) in [7, 11) is 0. The summed E-state index contributed by atoms with van der Waals surface area (Å²) in [4.78, 5) is 21.7. The molecule has 0 aromatic carbocycles. The molecule has 0 saturated carbocycles. The Balaban J connectivity index is 2.41.